The number of hydrogen-bond acceptors (Lipinski definition) is 2. The lowest BCUT2D eigenvalue weighted by Gasteiger charge is -2.26. The van der Waals surface area contributed by atoms with E-state index >= 15 is 0 Å². The van der Waals surface area contributed by atoms with Crippen molar-refractivity contribution in [3.63, 3.8) is 0 Å². The minimum Gasteiger partial charge on any atom is -0.489 e. The number of benzene rings is 1. The van der Waals surface area contributed by atoms with Crippen LogP contribution in [0.2, 0.25) is 0 Å². The molecule has 2 heteroatoms. The van der Waals surface area contributed by atoms with Crippen LogP contribution in [0, 0.1) is 0 Å². The second-order valence-electron chi connectivity index (χ2n) is 6.92. The maximum Gasteiger partial charge on any atom is 0.120 e. The largest absolute Gasteiger partial charge is 0.489 e. The molecule has 2 nitrogen and oxygen atoms in total. The Hall–Kier alpha value is -1.02. The van der Waals surface area contributed by atoms with Gasteiger partial charge in [-0.3, -0.25) is 0 Å². The summed E-state index contributed by atoms with van der Waals surface area (Å²) in [5.41, 5.74) is 3.16. The molecule has 2 rings (SSSR count). The van der Waals surface area contributed by atoms with Gasteiger partial charge in [0.25, 0.3) is 0 Å². The Kier molecular flexibility index (Phi) is 5.09. The van der Waals surface area contributed by atoms with Gasteiger partial charge in [0.2, 0.25) is 0 Å². The molecule has 0 bridgehead atoms. The molecule has 0 radical (unpaired) electrons. The third-order valence-electron chi connectivity index (χ3n) is 3.94. The topological polar surface area (TPSA) is 21.3 Å². The number of hydrogen-bond donors (Lipinski definition) is 1. The molecule has 0 aromatic heterocycles. The highest BCUT2D eigenvalue weighted by molar-refractivity contribution is 5.37. The lowest BCUT2D eigenvalue weighted by Crippen LogP contribution is -2.42. The summed E-state index contributed by atoms with van der Waals surface area (Å²) in [5, 5.41) is 3.53. The summed E-state index contributed by atoms with van der Waals surface area (Å²) in [6, 6.07) is 6.66. The van der Waals surface area contributed by atoms with E-state index in [-0.39, 0.29) is 11.6 Å². The van der Waals surface area contributed by atoms with Gasteiger partial charge in [0.15, 0.2) is 0 Å². The molecule has 1 aromatic carbocycles. The van der Waals surface area contributed by atoms with Crippen LogP contribution < -0.4 is 10.1 Å². The summed E-state index contributed by atoms with van der Waals surface area (Å²) in [6.45, 7) is 9.67. The van der Waals surface area contributed by atoms with Crippen molar-refractivity contribution in [2.75, 3.05) is 6.54 Å². The van der Waals surface area contributed by atoms with Crippen LogP contribution in [-0.4, -0.2) is 18.2 Å². The van der Waals surface area contributed by atoms with E-state index in [1.807, 2.05) is 0 Å². The fraction of sp³-hybridized carbons (Fsp3) is 0.667. The van der Waals surface area contributed by atoms with E-state index < -0.39 is 0 Å². The van der Waals surface area contributed by atoms with Crippen LogP contribution in [0.3, 0.4) is 0 Å². The monoisotopic (exact) mass is 275 g/mol. The predicted octanol–water partition coefficient (Wildman–Crippen LogP) is 4.11. The van der Waals surface area contributed by atoms with Gasteiger partial charge in [-0.1, -0.05) is 13.0 Å². The zero-order chi connectivity index (χ0) is 14.6. The average molecular weight is 275 g/mol. The van der Waals surface area contributed by atoms with Gasteiger partial charge in [0.1, 0.15) is 11.9 Å². The lowest BCUT2D eigenvalue weighted by atomic mass is 9.92. The molecular weight excluding hydrogens is 246 g/mol. The fourth-order valence-electron chi connectivity index (χ4n) is 2.66. The zero-order valence-electron chi connectivity index (χ0n) is 13.5. The second kappa shape index (κ2) is 6.62. The smallest absolute Gasteiger partial charge is 0.120 e. The molecule has 0 saturated carbocycles. The van der Waals surface area contributed by atoms with Crippen molar-refractivity contribution in [2.45, 2.75) is 71.4 Å². The molecule has 1 aliphatic carbocycles. The predicted molar refractivity (Wildman–Crippen MR) is 85.5 cm³/mol. The fourth-order valence-corrected chi connectivity index (χ4v) is 2.66. The molecule has 0 spiro atoms. The Bertz CT molecular complexity index is 434. The number of ether oxygens (including phenoxy) is 1. The molecule has 1 N–H and O–H groups in total. The summed E-state index contributed by atoms with van der Waals surface area (Å²) in [5.74, 6) is 1.04. The van der Waals surface area contributed by atoms with Crippen LogP contribution in [-0.2, 0) is 12.8 Å². The van der Waals surface area contributed by atoms with E-state index in [1.54, 1.807) is 0 Å². The minimum atomic E-state index is 0.145. The highest BCUT2D eigenvalue weighted by Crippen LogP contribution is 2.26. The molecule has 0 amide bonds. The van der Waals surface area contributed by atoms with Gasteiger partial charge in [-0.15, -0.1) is 0 Å². The Labute approximate surface area is 123 Å². The van der Waals surface area contributed by atoms with E-state index in [0.717, 1.165) is 18.7 Å². The SMILES string of the molecule is CCC(CNC(C)(C)C)Oc1ccc2c(c1)CCCC2. The second-order valence-corrected chi connectivity index (χ2v) is 6.92. The molecule has 1 atom stereocenters. The van der Waals surface area contributed by atoms with Gasteiger partial charge >= 0.3 is 0 Å². The third-order valence-corrected chi connectivity index (χ3v) is 3.94. The maximum atomic E-state index is 6.16. The molecule has 0 fully saturated rings. The molecule has 0 heterocycles. The number of rotatable bonds is 5. The van der Waals surface area contributed by atoms with Crippen LogP contribution in [0.1, 0.15) is 58.1 Å². The van der Waals surface area contributed by atoms with Crippen molar-refractivity contribution in [3.05, 3.63) is 29.3 Å². The van der Waals surface area contributed by atoms with E-state index in [0.29, 0.717) is 0 Å². The van der Waals surface area contributed by atoms with Crippen LogP contribution in [0.25, 0.3) is 0 Å². The molecular formula is C18H29NO. The first-order valence-electron chi connectivity index (χ1n) is 8.01. The highest BCUT2D eigenvalue weighted by atomic mass is 16.5. The van der Waals surface area contributed by atoms with Crippen LogP contribution in [0.15, 0.2) is 18.2 Å². The van der Waals surface area contributed by atoms with E-state index in [4.69, 9.17) is 4.74 Å². The first kappa shape index (κ1) is 15.4. The Morgan fingerprint density at radius 1 is 1.15 bits per heavy atom. The highest BCUT2D eigenvalue weighted by Gasteiger charge is 2.15. The van der Waals surface area contributed by atoms with Crippen LogP contribution >= 0.6 is 0 Å². The summed E-state index contributed by atoms with van der Waals surface area (Å²) in [6.07, 6.45) is 6.37. The van der Waals surface area contributed by atoms with Gasteiger partial charge < -0.3 is 10.1 Å². The quantitative estimate of drug-likeness (QED) is 0.873. The molecule has 0 saturated heterocycles. The van der Waals surface area contributed by atoms with Gasteiger partial charge in [0.05, 0.1) is 0 Å². The van der Waals surface area contributed by atoms with Crippen molar-refractivity contribution < 1.29 is 4.74 Å². The maximum absolute atomic E-state index is 6.16. The summed E-state index contributed by atoms with van der Waals surface area (Å²) >= 11 is 0. The van der Waals surface area contributed by atoms with Crippen molar-refractivity contribution in [2.24, 2.45) is 0 Å². The molecule has 1 unspecified atom stereocenters. The van der Waals surface area contributed by atoms with E-state index in [1.165, 1.54) is 36.8 Å². The zero-order valence-corrected chi connectivity index (χ0v) is 13.5. The standard InChI is InChI=1S/C18H29NO/c1-5-16(13-19-18(2,3)4)20-17-11-10-14-8-6-7-9-15(14)12-17/h10-12,16,19H,5-9,13H2,1-4H3. The molecule has 1 aliphatic rings. The average Bonchev–Trinajstić information content (AvgIpc) is 2.42. The first-order chi connectivity index (χ1) is 9.48. The molecule has 1 aromatic rings. The molecule has 20 heavy (non-hydrogen) atoms. The molecule has 112 valence electrons. The van der Waals surface area contributed by atoms with E-state index in [9.17, 15) is 0 Å². The summed E-state index contributed by atoms with van der Waals surface area (Å²) in [7, 11) is 0. The minimum absolute atomic E-state index is 0.145. The Morgan fingerprint density at radius 3 is 2.50 bits per heavy atom. The van der Waals surface area contributed by atoms with Gasteiger partial charge in [-0.05, 0) is 76.1 Å². The Morgan fingerprint density at radius 2 is 1.85 bits per heavy atom. The third kappa shape index (κ3) is 4.52. The summed E-state index contributed by atoms with van der Waals surface area (Å²) in [4.78, 5) is 0. The lowest BCUT2D eigenvalue weighted by molar-refractivity contribution is 0.181. The van der Waals surface area contributed by atoms with Gasteiger partial charge in [-0.25, -0.2) is 0 Å². The molecule has 0 aliphatic heterocycles. The van der Waals surface area contributed by atoms with Gasteiger partial charge in [-0.2, -0.15) is 0 Å². The first-order valence-corrected chi connectivity index (χ1v) is 8.01. The Balaban J connectivity index is 1.97. The number of nitrogens with one attached hydrogen (secondary N) is 1. The summed E-state index contributed by atoms with van der Waals surface area (Å²) < 4.78 is 6.16. The van der Waals surface area contributed by atoms with Gasteiger partial charge in [0, 0.05) is 12.1 Å². The number of aryl methyl sites for hydroxylation is 2. The van der Waals surface area contributed by atoms with Crippen molar-refractivity contribution in [1.82, 2.24) is 5.32 Å². The van der Waals surface area contributed by atoms with Crippen molar-refractivity contribution >= 4 is 0 Å². The number of fused-ring (bicyclic) bond motifs is 1. The van der Waals surface area contributed by atoms with Crippen molar-refractivity contribution in [1.29, 1.82) is 0 Å². The van der Waals surface area contributed by atoms with Crippen LogP contribution in [0.4, 0.5) is 0 Å². The van der Waals surface area contributed by atoms with E-state index in [2.05, 4.69) is 51.2 Å². The normalized spacial score (nSPS) is 16.6. The van der Waals surface area contributed by atoms with Crippen molar-refractivity contribution in [3.8, 4) is 5.75 Å². The van der Waals surface area contributed by atoms with Crippen LogP contribution in [0.5, 0.6) is 5.75 Å².